The minimum absolute atomic E-state index is 0.0529. The summed E-state index contributed by atoms with van der Waals surface area (Å²) in [6.07, 6.45) is -0.318. The molecular weight excluding hydrogens is 674 g/mol. The van der Waals surface area contributed by atoms with Crippen LogP contribution in [0.15, 0.2) is 138 Å². The van der Waals surface area contributed by atoms with Crippen LogP contribution in [-0.4, -0.2) is 53.6 Å². The largest absolute Gasteiger partial charge is 0.490 e. The van der Waals surface area contributed by atoms with Crippen LogP contribution in [0.2, 0.25) is 0 Å². The molecule has 2 N–H and O–H groups in total. The molecular formula is C43H39NO9. The van der Waals surface area contributed by atoms with Gasteiger partial charge in [-0.05, 0) is 72.5 Å². The maximum Gasteiger partial charge on any atom is 0.336 e. The van der Waals surface area contributed by atoms with Gasteiger partial charge in [0.2, 0.25) is 0 Å². The van der Waals surface area contributed by atoms with Crippen molar-refractivity contribution in [1.82, 2.24) is 4.90 Å². The van der Waals surface area contributed by atoms with E-state index < -0.39 is 23.5 Å². The number of furan rings is 1. The van der Waals surface area contributed by atoms with Crippen molar-refractivity contribution in [3.63, 3.8) is 0 Å². The van der Waals surface area contributed by atoms with Gasteiger partial charge in [0.1, 0.15) is 53.8 Å². The highest BCUT2D eigenvalue weighted by molar-refractivity contribution is 5.96. The van der Waals surface area contributed by atoms with Crippen LogP contribution in [0.1, 0.15) is 16.9 Å². The molecule has 3 heterocycles. The summed E-state index contributed by atoms with van der Waals surface area (Å²) in [6.45, 7) is 4.15. The first kappa shape index (κ1) is 35.5. The maximum absolute atomic E-state index is 12.5. The maximum atomic E-state index is 12.5. The fraction of sp³-hybridized carbons (Fsp3) is 0.209. The summed E-state index contributed by atoms with van der Waals surface area (Å²) >= 11 is 0. The number of aliphatic hydroxyl groups is 2. The van der Waals surface area contributed by atoms with Crippen LogP contribution in [0.3, 0.4) is 0 Å². The van der Waals surface area contributed by atoms with Gasteiger partial charge in [0.15, 0.2) is 0 Å². The second-order valence-electron chi connectivity index (χ2n) is 13.0. The first-order chi connectivity index (χ1) is 25.7. The van der Waals surface area contributed by atoms with E-state index >= 15 is 0 Å². The number of aryl methyl sites for hydroxylation is 2. The first-order valence-electron chi connectivity index (χ1n) is 17.4. The number of aliphatic hydroxyl groups excluding tert-OH is 2. The lowest BCUT2D eigenvalue weighted by Crippen LogP contribution is -2.41. The molecule has 0 spiro atoms. The van der Waals surface area contributed by atoms with Crippen LogP contribution < -0.4 is 20.7 Å². The van der Waals surface area contributed by atoms with Gasteiger partial charge in [0.25, 0.3) is 0 Å². The van der Waals surface area contributed by atoms with Crippen molar-refractivity contribution in [3.8, 4) is 33.8 Å². The Hall–Kier alpha value is -5.94. The van der Waals surface area contributed by atoms with Crippen LogP contribution in [0.5, 0.6) is 11.5 Å². The van der Waals surface area contributed by atoms with Crippen molar-refractivity contribution in [2.45, 2.75) is 32.6 Å². The monoisotopic (exact) mass is 713 g/mol. The lowest BCUT2D eigenvalue weighted by Gasteiger charge is -2.27. The smallest absolute Gasteiger partial charge is 0.336 e. The first-order valence-corrected chi connectivity index (χ1v) is 17.4. The summed E-state index contributed by atoms with van der Waals surface area (Å²) in [5.41, 5.74) is 4.53. The molecule has 0 fully saturated rings. The molecule has 0 bridgehead atoms. The minimum atomic E-state index is -0.944. The predicted molar refractivity (Wildman–Crippen MR) is 202 cm³/mol. The van der Waals surface area contributed by atoms with E-state index in [2.05, 4.69) is 0 Å². The summed E-state index contributed by atoms with van der Waals surface area (Å²) in [5.74, 6) is 1.62. The van der Waals surface area contributed by atoms with Crippen LogP contribution in [0.4, 0.5) is 0 Å². The topological polar surface area (TPSA) is 136 Å². The summed E-state index contributed by atoms with van der Waals surface area (Å²) in [4.78, 5) is 26.9. The van der Waals surface area contributed by atoms with Gasteiger partial charge in [-0.2, -0.15) is 0 Å². The second kappa shape index (κ2) is 15.7. The van der Waals surface area contributed by atoms with Crippen LogP contribution >= 0.6 is 0 Å². The zero-order chi connectivity index (χ0) is 36.9. The highest BCUT2D eigenvalue weighted by Crippen LogP contribution is 2.34. The molecule has 0 amide bonds. The molecule has 0 aliphatic rings. The van der Waals surface area contributed by atoms with Gasteiger partial charge >= 0.3 is 11.3 Å². The van der Waals surface area contributed by atoms with Gasteiger partial charge in [-0.3, -0.25) is 4.90 Å². The Morgan fingerprint density at radius 2 is 1.09 bits per heavy atom. The van der Waals surface area contributed by atoms with Gasteiger partial charge < -0.3 is 32.9 Å². The molecule has 0 unspecified atom stereocenters. The lowest BCUT2D eigenvalue weighted by molar-refractivity contribution is 0.0258. The average Bonchev–Trinajstić information content (AvgIpc) is 3.68. The molecule has 0 radical (unpaired) electrons. The van der Waals surface area contributed by atoms with E-state index in [0.717, 1.165) is 33.0 Å². The zero-order valence-electron chi connectivity index (χ0n) is 29.4. The van der Waals surface area contributed by atoms with Gasteiger partial charge in [-0.1, -0.05) is 60.7 Å². The Bertz CT molecular complexity index is 2280. The van der Waals surface area contributed by atoms with Crippen LogP contribution in [-0.2, 0) is 6.54 Å². The van der Waals surface area contributed by atoms with Crippen molar-refractivity contribution in [2.24, 2.45) is 0 Å². The number of benzene rings is 4. The van der Waals surface area contributed by atoms with Crippen molar-refractivity contribution in [2.75, 3.05) is 26.3 Å². The summed E-state index contributed by atoms with van der Waals surface area (Å²) < 4.78 is 28.9. The number of nitrogens with zero attached hydrogens (tertiary/aromatic N) is 1. The minimum Gasteiger partial charge on any atom is -0.490 e. The van der Waals surface area contributed by atoms with Crippen LogP contribution in [0.25, 0.3) is 44.2 Å². The Labute approximate surface area is 305 Å². The van der Waals surface area contributed by atoms with E-state index in [1.54, 1.807) is 24.5 Å². The summed E-state index contributed by atoms with van der Waals surface area (Å²) in [7, 11) is 0. The van der Waals surface area contributed by atoms with Crippen molar-refractivity contribution >= 4 is 21.9 Å². The Balaban J connectivity index is 1.02. The molecule has 4 aromatic carbocycles. The third-order valence-corrected chi connectivity index (χ3v) is 9.15. The Kier molecular flexibility index (Phi) is 10.5. The van der Waals surface area contributed by atoms with Gasteiger partial charge in [-0.25, -0.2) is 9.59 Å². The normalized spacial score (nSPS) is 12.7. The molecule has 0 aliphatic heterocycles. The lowest BCUT2D eigenvalue weighted by atomic mass is 10.0. The molecule has 7 rings (SSSR count). The van der Waals surface area contributed by atoms with Crippen molar-refractivity contribution in [3.05, 3.63) is 153 Å². The third kappa shape index (κ3) is 8.10. The zero-order valence-corrected chi connectivity index (χ0v) is 29.4. The standard InChI is InChI=1S/C43H39NO9/c1-27-38(17-15-34-36(20-40(47)52-42(27)34)29-10-5-3-6-11-29)50-25-31(45)22-44(24-33-14-9-19-49-33)23-32(46)26-51-39-18-16-35-37(30-12-7-4-8-13-30)21-41(48)53-43(35)28(39)2/h3-21,31-32,45-46H,22-26H2,1-2H3/t31-,32-/m0/s1. The molecule has 2 atom stereocenters. The third-order valence-electron chi connectivity index (χ3n) is 9.15. The molecule has 53 heavy (non-hydrogen) atoms. The quantitative estimate of drug-likeness (QED) is 0.112. The van der Waals surface area contributed by atoms with E-state index in [-0.39, 0.29) is 26.3 Å². The highest BCUT2D eigenvalue weighted by Gasteiger charge is 2.21. The molecule has 10 heteroatoms. The van der Waals surface area contributed by atoms with Crippen molar-refractivity contribution < 1.29 is 32.9 Å². The molecule has 0 saturated heterocycles. The fourth-order valence-electron chi connectivity index (χ4n) is 6.61. The van der Waals surface area contributed by atoms with Gasteiger partial charge in [-0.15, -0.1) is 0 Å². The molecule has 10 nitrogen and oxygen atoms in total. The molecule has 3 aromatic heterocycles. The average molecular weight is 714 g/mol. The molecule has 270 valence electrons. The predicted octanol–water partition coefficient (Wildman–Crippen LogP) is 7.13. The number of hydrogen-bond donors (Lipinski definition) is 2. The molecule has 7 aromatic rings. The summed E-state index contributed by atoms with van der Waals surface area (Å²) in [6, 6.07) is 33.1. The van der Waals surface area contributed by atoms with E-state index in [9.17, 15) is 19.8 Å². The Morgan fingerprint density at radius 3 is 1.53 bits per heavy atom. The number of fused-ring (bicyclic) bond motifs is 2. The van der Waals surface area contributed by atoms with E-state index in [1.807, 2.05) is 97.6 Å². The molecule has 0 saturated carbocycles. The fourth-order valence-corrected chi connectivity index (χ4v) is 6.61. The van der Waals surface area contributed by atoms with Gasteiger partial charge in [0.05, 0.1) is 12.8 Å². The Morgan fingerprint density at radius 1 is 0.623 bits per heavy atom. The van der Waals surface area contributed by atoms with Crippen molar-refractivity contribution in [1.29, 1.82) is 0 Å². The number of ether oxygens (including phenoxy) is 2. The number of hydrogen-bond acceptors (Lipinski definition) is 10. The van der Waals surface area contributed by atoms with E-state index in [1.165, 1.54) is 12.1 Å². The van der Waals surface area contributed by atoms with Gasteiger partial charge in [0, 0.05) is 47.1 Å². The van der Waals surface area contributed by atoms with E-state index in [4.69, 9.17) is 22.7 Å². The highest BCUT2D eigenvalue weighted by atomic mass is 16.5. The molecule has 0 aliphatic carbocycles. The summed E-state index contributed by atoms with van der Waals surface area (Å²) in [5, 5.41) is 23.8. The SMILES string of the molecule is Cc1c(OC[C@@H](O)CN(Cc2ccco2)C[C@H](O)COc2ccc3c(-c4ccccc4)cc(=O)oc3c2C)ccc2c(-c3ccccc3)cc(=O)oc12. The second-order valence-corrected chi connectivity index (χ2v) is 13.0. The van der Waals surface area contributed by atoms with Crippen LogP contribution in [0, 0.1) is 13.8 Å². The number of rotatable bonds is 14. The van der Waals surface area contributed by atoms with E-state index in [0.29, 0.717) is 46.1 Å².